The van der Waals surface area contributed by atoms with Crippen LogP contribution in [0.4, 0.5) is 10.1 Å². The van der Waals surface area contributed by atoms with E-state index >= 15 is 0 Å². The minimum Gasteiger partial charge on any atom is -0.396 e. The number of hydrogen-bond acceptors (Lipinski definition) is 4. The summed E-state index contributed by atoms with van der Waals surface area (Å²) in [6.45, 7) is 2.13. The van der Waals surface area contributed by atoms with Gasteiger partial charge in [-0.3, -0.25) is 4.79 Å². The van der Waals surface area contributed by atoms with Crippen molar-refractivity contribution in [1.29, 1.82) is 0 Å². The van der Waals surface area contributed by atoms with E-state index in [1.54, 1.807) is 6.92 Å². The van der Waals surface area contributed by atoms with Crippen LogP contribution in [0.2, 0.25) is 0 Å². The van der Waals surface area contributed by atoms with Gasteiger partial charge >= 0.3 is 0 Å². The minimum absolute atomic E-state index is 0.118. The Hall–Kier alpha value is -1.67. The highest BCUT2D eigenvalue weighted by molar-refractivity contribution is 7.89. The molecule has 1 aromatic carbocycles. The first-order valence-corrected chi connectivity index (χ1v) is 7.66. The van der Waals surface area contributed by atoms with Crippen molar-refractivity contribution in [3.05, 3.63) is 24.0 Å². The van der Waals surface area contributed by atoms with Crippen LogP contribution < -0.4 is 11.1 Å². The number of carbonyl (C=O) groups excluding carboxylic acids is 1. The predicted molar refractivity (Wildman–Crippen MR) is 71.8 cm³/mol. The third-order valence-corrected chi connectivity index (χ3v) is 5.15. The van der Waals surface area contributed by atoms with Gasteiger partial charge in [-0.25, -0.2) is 12.8 Å². The molecule has 1 aromatic rings. The monoisotopic (exact) mass is 301 g/mol. The largest absolute Gasteiger partial charge is 0.396 e. The maximum atomic E-state index is 13.4. The molecule has 1 fully saturated rings. The van der Waals surface area contributed by atoms with Gasteiger partial charge in [-0.15, -0.1) is 0 Å². The van der Waals surface area contributed by atoms with E-state index in [0.717, 1.165) is 10.4 Å². The van der Waals surface area contributed by atoms with Crippen LogP contribution in [0.1, 0.15) is 13.3 Å². The number of hydrogen-bond donors (Lipinski definition) is 2. The molecule has 1 saturated heterocycles. The van der Waals surface area contributed by atoms with Crippen LogP contribution in [0, 0.1) is 5.82 Å². The molecule has 20 heavy (non-hydrogen) atoms. The third-order valence-electron chi connectivity index (χ3n) is 3.25. The standard InChI is InChI=1S/C12H16FN3O3S/c1-2-11-12(17)15-5-6-16(11)20(18,19)8-3-4-10(14)9(13)7-8/h3-4,7,11H,2,5-6,14H2,1H3,(H,15,17). The number of carbonyl (C=O) groups is 1. The first-order valence-electron chi connectivity index (χ1n) is 6.22. The highest BCUT2D eigenvalue weighted by atomic mass is 32.2. The van der Waals surface area contributed by atoms with Crippen molar-refractivity contribution in [2.45, 2.75) is 24.3 Å². The summed E-state index contributed by atoms with van der Waals surface area (Å²) in [5.74, 6) is -1.13. The van der Waals surface area contributed by atoms with Gasteiger partial charge in [0.1, 0.15) is 11.9 Å². The summed E-state index contributed by atoms with van der Waals surface area (Å²) in [6.07, 6.45) is 0.350. The van der Waals surface area contributed by atoms with E-state index in [1.807, 2.05) is 0 Å². The maximum Gasteiger partial charge on any atom is 0.243 e. The normalized spacial score (nSPS) is 20.7. The number of piperazine rings is 1. The lowest BCUT2D eigenvalue weighted by atomic mass is 10.2. The molecule has 0 bridgehead atoms. The zero-order chi connectivity index (χ0) is 14.9. The molecule has 110 valence electrons. The molecule has 0 radical (unpaired) electrons. The lowest BCUT2D eigenvalue weighted by molar-refractivity contribution is -0.126. The number of nitrogen functional groups attached to an aromatic ring is 1. The fraction of sp³-hybridized carbons (Fsp3) is 0.417. The average Bonchev–Trinajstić information content (AvgIpc) is 2.41. The number of nitrogens with one attached hydrogen (secondary N) is 1. The van der Waals surface area contributed by atoms with Crippen LogP contribution in [0.5, 0.6) is 0 Å². The van der Waals surface area contributed by atoms with Gasteiger partial charge in [-0.05, 0) is 24.6 Å². The Balaban J connectivity index is 2.42. The first-order chi connectivity index (χ1) is 9.37. The zero-order valence-electron chi connectivity index (χ0n) is 11.0. The van der Waals surface area contributed by atoms with Gasteiger partial charge in [0, 0.05) is 13.1 Å². The Morgan fingerprint density at radius 1 is 1.50 bits per heavy atom. The summed E-state index contributed by atoms with van der Waals surface area (Å²) < 4.78 is 39.6. The van der Waals surface area contributed by atoms with Crippen molar-refractivity contribution in [1.82, 2.24) is 9.62 Å². The maximum absolute atomic E-state index is 13.4. The van der Waals surface area contributed by atoms with Crippen LogP contribution in [0.25, 0.3) is 0 Å². The molecular formula is C12H16FN3O3S. The van der Waals surface area contributed by atoms with Crippen molar-refractivity contribution in [3.63, 3.8) is 0 Å². The minimum atomic E-state index is -3.92. The van der Waals surface area contributed by atoms with Gasteiger partial charge in [0.25, 0.3) is 0 Å². The molecule has 0 saturated carbocycles. The Bertz CT molecular complexity index is 633. The van der Waals surface area contributed by atoms with E-state index in [4.69, 9.17) is 5.73 Å². The van der Waals surface area contributed by atoms with Crippen molar-refractivity contribution in [2.75, 3.05) is 18.8 Å². The van der Waals surface area contributed by atoms with Crippen LogP contribution >= 0.6 is 0 Å². The molecule has 6 nitrogen and oxygen atoms in total. The number of anilines is 1. The van der Waals surface area contributed by atoms with E-state index < -0.39 is 21.9 Å². The fourth-order valence-electron chi connectivity index (χ4n) is 2.17. The van der Waals surface area contributed by atoms with Gasteiger partial charge in [-0.2, -0.15) is 4.31 Å². The lowest BCUT2D eigenvalue weighted by Gasteiger charge is -2.33. The van der Waals surface area contributed by atoms with Crippen LogP contribution in [-0.2, 0) is 14.8 Å². The summed E-state index contributed by atoms with van der Waals surface area (Å²) in [5.41, 5.74) is 5.22. The van der Waals surface area contributed by atoms with Crippen LogP contribution in [0.15, 0.2) is 23.1 Å². The van der Waals surface area contributed by atoms with Gasteiger partial charge in [0.2, 0.25) is 15.9 Å². The number of nitrogens with two attached hydrogens (primary N) is 1. The molecule has 1 atom stereocenters. The summed E-state index contributed by atoms with van der Waals surface area (Å²) >= 11 is 0. The molecular weight excluding hydrogens is 285 g/mol. The highest BCUT2D eigenvalue weighted by Crippen LogP contribution is 2.23. The summed E-state index contributed by atoms with van der Waals surface area (Å²) in [5, 5.41) is 2.62. The summed E-state index contributed by atoms with van der Waals surface area (Å²) in [7, 11) is -3.92. The van der Waals surface area contributed by atoms with Crippen molar-refractivity contribution < 1.29 is 17.6 Å². The molecule has 8 heteroatoms. The molecule has 3 N–H and O–H groups in total. The molecule has 2 rings (SSSR count). The second kappa shape index (κ2) is 5.37. The smallest absolute Gasteiger partial charge is 0.243 e. The summed E-state index contributed by atoms with van der Waals surface area (Å²) in [4.78, 5) is 11.5. The Kier molecular flexibility index (Phi) is 3.96. The topological polar surface area (TPSA) is 92.5 Å². The van der Waals surface area contributed by atoms with E-state index in [-0.39, 0.29) is 29.6 Å². The number of halogens is 1. The Morgan fingerprint density at radius 3 is 2.80 bits per heavy atom. The van der Waals surface area contributed by atoms with E-state index in [2.05, 4.69) is 5.32 Å². The molecule has 1 aliphatic rings. The average molecular weight is 301 g/mol. The van der Waals surface area contributed by atoms with E-state index in [0.29, 0.717) is 6.42 Å². The lowest BCUT2D eigenvalue weighted by Crippen LogP contribution is -2.56. The molecule has 0 spiro atoms. The number of amides is 1. The Labute approximate surface area is 116 Å². The Morgan fingerprint density at radius 2 is 2.20 bits per heavy atom. The van der Waals surface area contributed by atoms with Gasteiger partial charge in [0.05, 0.1) is 10.6 Å². The number of rotatable bonds is 3. The highest BCUT2D eigenvalue weighted by Gasteiger charge is 2.37. The van der Waals surface area contributed by atoms with Gasteiger partial charge in [-0.1, -0.05) is 6.92 Å². The SMILES string of the molecule is CCC1C(=O)NCCN1S(=O)(=O)c1ccc(N)c(F)c1. The van der Waals surface area contributed by atoms with Gasteiger partial charge < -0.3 is 11.1 Å². The second-order valence-electron chi connectivity index (χ2n) is 4.51. The summed E-state index contributed by atoms with van der Waals surface area (Å²) in [6, 6.07) is 2.55. The molecule has 1 aliphatic heterocycles. The molecule has 1 amide bonds. The van der Waals surface area contributed by atoms with E-state index in [1.165, 1.54) is 12.1 Å². The van der Waals surface area contributed by atoms with Crippen molar-refractivity contribution >= 4 is 21.6 Å². The third kappa shape index (κ3) is 2.48. The second-order valence-corrected chi connectivity index (χ2v) is 6.40. The quantitative estimate of drug-likeness (QED) is 0.786. The predicted octanol–water partition coefficient (Wildman–Crippen LogP) is 0.307. The number of sulfonamides is 1. The van der Waals surface area contributed by atoms with Crippen molar-refractivity contribution in [2.24, 2.45) is 0 Å². The zero-order valence-corrected chi connectivity index (χ0v) is 11.8. The van der Waals surface area contributed by atoms with Crippen molar-refractivity contribution in [3.8, 4) is 0 Å². The first kappa shape index (κ1) is 14.7. The molecule has 1 unspecified atom stereocenters. The fourth-order valence-corrected chi connectivity index (χ4v) is 3.85. The van der Waals surface area contributed by atoms with E-state index in [9.17, 15) is 17.6 Å². The number of benzene rings is 1. The molecule has 0 aromatic heterocycles. The van der Waals surface area contributed by atoms with Gasteiger partial charge in [0.15, 0.2) is 0 Å². The number of nitrogens with zero attached hydrogens (tertiary/aromatic N) is 1. The molecule has 0 aliphatic carbocycles. The molecule has 1 heterocycles. The van der Waals surface area contributed by atoms with Crippen LogP contribution in [-0.4, -0.2) is 37.8 Å². The van der Waals surface area contributed by atoms with Crippen LogP contribution in [0.3, 0.4) is 0 Å².